The summed E-state index contributed by atoms with van der Waals surface area (Å²) in [7, 11) is 0. The Bertz CT molecular complexity index is 2460. The molecule has 0 aromatic rings. The van der Waals surface area contributed by atoms with Gasteiger partial charge in [-0.15, -0.1) is 0 Å². The van der Waals surface area contributed by atoms with Crippen LogP contribution in [0.3, 0.4) is 0 Å². The molecule has 10 rings (SSSR count). The Morgan fingerprint density at radius 2 is 1.04 bits per heavy atom. The van der Waals surface area contributed by atoms with E-state index >= 15 is 0 Å². The van der Waals surface area contributed by atoms with Gasteiger partial charge in [0.1, 0.15) is 122 Å². The van der Waals surface area contributed by atoms with Crippen LogP contribution in [0.1, 0.15) is 120 Å². The Balaban J connectivity index is 0.886. The molecule has 0 radical (unpaired) electrons. The maximum absolute atomic E-state index is 13.2. The van der Waals surface area contributed by atoms with Gasteiger partial charge >= 0.3 is 0 Å². The van der Waals surface area contributed by atoms with Crippen molar-refractivity contribution in [2.45, 2.75) is 316 Å². The summed E-state index contributed by atoms with van der Waals surface area (Å²) in [5.41, 5.74) is -0.796. The topological polar surface area (TPSA) is 452 Å². The zero-order valence-corrected chi connectivity index (χ0v) is 53.1. The van der Waals surface area contributed by atoms with Crippen LogP contribution >= 0.6 is 0 Å². The Morgan fingerprint density at radius 3 is 1.59 bits per heavy atom. The first-order valence-electron chi connectivity index (χ1n) is 32.6. The number of aliphatic hydroxyl groups is 16. The number of fused-ring (bicyclic) bond motifs is 5. The number of ketones is 1. The molecule has 4 aliphatic carbocycles. The van der Waals surface area contributed by atoms with Crippen LogP contribution < -0.4 is 0 Å². The third-order valence-corrected chi connectivity index (χ3v) is 22.1. The van der Waals surface area contributed by atoms with E-state index in [0.29, 0.717) is 44.9 Å². The van der Waals surface area contributed by atoms with Gasteiger partial charge in [-0.1, -0.05) is 39.3 Å². The smallest absolute Gasteiger partial charge is 0.187 e. The van der Waals surface area contributed by atoms with Crippen molar-refractivity contribution in [1.29, 1.82) is 0 Å². The first kappa shape index (κ1) is 72.0. The van der Waals surface area contributed by atoms with E-state index in [1.54, 1.807) is 6.92 Å². The highest BCUT2D eigenvalue weighted by atomic mass is 16.8. The van der Waals surface area contributed by atoms with Crippen molar-refractivity contribution in [2.75, 3.05) is 13.2 Å². The number of Topliss-reactive ketones (excluding diaryl/α,β-unsaturated/α-hetero) is 1. The quantitative estimate of drug-likeness (QED) is 0.0588. The lowest BCUT2D eigenvalue weighted by Crippen LogP contribution is -2.67. The predicted molar refractivity (Wildman–Crippen MR) is 306 cm³/mol. The summed E-state index contributed by atoms with van der Waals surface area (Å²) in [5, 5.41) is 180. The van der Waals surface area contributed by atoms with E-state index in [4.69, 9.17) is 56.8 Å². The molecule has 0 aromatic carbocycles. The van der Waals surface area contributed by atoms with E-state index in [2.05, 4.69) is 19.9 Å². The van der Waals surface area contributed by atoms with E-state index in [1.807, 2.05) is 13.8 Å². The van der Waals surface area contributed by atoms with Gasteiger partial charge in [-0.05, 0) is 120 Å². The van der Waals surface area contributed by atoms with Crippen molar-refractivity contribution >= 4 is 5.78 Å². The van der Waals surface area contributed by atoms with Crippen molar-refractivity contribution in [3.05, 3.63) is 11.6 Å². The average molecular weight is 1310 g/mol. The van der Waals surface area contributed by atoms with Crippen LogP contribution in [0.4, 0.5) is 0 Å². The fourth-order valence-electron chi connectivity index (χ4n) is 16.9. The highest BCUT2D eigenvalue weighted by Gasteiger charge is 2.64. The summed E-state index contributed by atoms with van der Waals surface area (Å²) < 4.78 is 73.3. The Hall–Kier alpha value is -1.71. The molecular formula is C62H102O29. The molecule has 0 spiro atoms. The summed E-state index contributed by atoms with van der Waals surface area (Å²) >= 11 is 0. The van der Waals surface area contributed by atoms with Crippen molar-refractivity contribution in [3.8, 4) is 0 Å². The molecule has 524 valence electrons. The molecule has 3 saturated carbocycles. The molecule has 0 bridgehead atoms. The molecule has 38 atom stereocenters. The maximum atomic E-state index is 13.2. The van der Waals surface area contributed by atoms with E-state index < -0.39 is 215 Å². The van der Waals surface area contributed by atoms with E-state index in [-0.39, 0.29) is 47.2 Å². The Labute approximate surface area is 528 Å². The van der Waals surface area contributed by atoms with E-state index in [0.717, 1.165) is 6.42 Å². The lowest BCUT2D eigenvalue weighted by Gasteiger charge is -2.60. The zero-order chi connectivity index (χ0) is 66.4. The van der Waals surface area contributed by atoms with Crippen LogP contribution in [0.5, 0.6) is 0 Å². The number of carbonyl (C=O) groups is 1. The van der Waals surface area contributed by atoms with Crippen molar-refractivity contribution in [3.63, 3.8) is 0 Å². The van der Waals surface area contributed by atoms with Crippen LogP contribution in [0.25, 0.3) is 0 Å². The summed E-state index contributed by atoms with van der Waals surface area (Å²) in [5.74, 6) is -0.213. The van der Waals surface area contributed by atoms with Crippen LogP contribution in [0, 0.1) is 40.4 Å². The molecule has 6 aliphatic heterocycles. The van der Waals surface area contributed by atoms with Crippen molar-refractivity contribution in [1.82, 2.24) is 0 Å². The second-order valence-electron chi connectivity index (χ2n) is 29.0. The zero-order valence-electron chi connectivity index (χ0n) is 53.1. The fraction of sp³-hybridized carbons (Fsp3) is 0.952. The standard InChI is InChI=1S/C62H102O29/c1-22(2)16-28(65)19-62(9,79)36-11-10-30-29-18-33(32-17-27(64)12-14-60(32,7)31(29)13-15-61(30,36)8)85-56-48(77)51(40(69)25(5)83-56)89-58-52(90-55-47(76)44(73)38(67)24(4)82-55)42(71)35(21-80-58)87-59-53(45(74)41(70)34(20-63)86-59)91-57-49(78)50(39(68)26(6)84-57)88-54-46(75)43(72)37(66)23(3)81-54/h13,22-27,29-30,32-59,63-64,66-79H,10-12,14-21H2,1-9H3/t23-,24-,25-,26-,27+,29+,30+,32-,33+,34-,35-,36+,37+,38-,39+,40-,41+,42+,43+,44+,45+,46-,47-,48-,49-,50+,51+,52-,53-,54+,55+,56+,57+,58+,59+,60-,61+,62+/m1/s1. The van der Waals surface area contributed by atoms with Gasteiger partial charge in [-0.3, -0.25) is 4.79 Å². The molecule has 29 nitrogen and oxygen atoms in total. The minimum atomic E-state index is -2.03. The molecule has 10 aliphatic rings. The van der Waals surface area contributed by atoms with Crippen molar-refractivity contribution in [2.24, 2.45) is 40.4 Å². The molecule has 6 heterocycles. The number of rotatable bonds is 18. The average Bonchev–Trinajstić information content (AvgIpc) is 1.68. The van der Waals surface area contributed by atoms with Crippen molar-refractivity contribution < 1.29 is 143 Å². The maximum Gasteiger partial charge on any atom is 0.187 e. The molecule has 0 unspecified atom stereocenters. The van der Waals surface area contributed by atoms with Gasteiger partial charge < -0.3 is 139 Å². The molecule has 16 N–H and O–H groups in total. The SMILES string of the molecule is CC(C)CC(=O)C[C@](C)(O)[C@H]1CC[C@H]2[C@@H]3C[C@H](O[C@@H]4O[C@H](C)[C@@H](O)[C@H](O[C@@H]5OC[C@@H](O[C@@H]6O[C@H](CO)[C@H](O)[C@H](O)[C@H]6O[C@@H]6O[C@H](C)[C@H](O)[C@H](O[C@@H]7O[C@H](C)[C@H](O)[C@H](O)[C@H]7O)[C@H]6O)[C@H](O)[C@H]5O[C@@H]5O[C@H](C)[C@@H](O)[C@H](O)[C@H]5O)[C@H]4O)[C@H]4C[C@@H](O)CC[C@]4(C)C3=CC[C@@]21C. The molecule has 0 amide bonds. The van der Waals surface area contributed by atoms with Crippen LogP contribution in [0.15, 0.2) is 11.6 Å². The molecule has 29 heteroatoms. The van der Waals surface area contributed by atoms with Crippen LogP contribution in [0.2, 0.25) is 0 Å². The predicted octanol–water partition coefficient (Wildman–Crippen LogP) is -3.65. The molecule has 91 heavy (non-hydrogen) atoms. The minimum absolute atomic E-state index is 0.0204. The second kappa shape index (κ2) is 28.3. The van der Waals surface area contributed by atoms with E-state index in [1.165, 1.54) is 33.3 Å². The molecule has 6 saturated heterocycles. The summed E-state index contributed by atoms with van der Waals surface area (Å²) in [6.07, 6.45) is -43.5. The minimum Gasteiger partial charge on any atom is -0.394 e. The lowest BCUT2D eigenvalue weighted by molar-refractivity contribution is -0.402. The molecule has 9 fully saturated rings. The van der Waals surface area contributed by atoms with Gasteiger partial charge in [-0.25, -0.2) is 0 Å². The highest BCUT2D eigenvalue weighted by molar-refractivity contribution is 5.79. The number of aliphatic hydroxyl groups excluding tert-OH is 15. The summed E-state index contributed by atoms with van der Waals surface area (Å²) in [4.78, 5) is 13.2. The Kier molecular flexibility index (Phi) is 22.4. The van der Waals surface area contributed by atoms with E-state index in [9.17, 15) is 86.5 Å². The highest BCUT2D eigenvalue weighted by Crippen LogP contribution is 2.67. The van der Waals surface area contributed by atoms with Crippen LogP contribution in [-0.2, 0) is 61.6 Å². The number of ether oxygens (including phenoxy) is 12. The first-order chi connectivity index (χ1) is 42.7. The fourth-order valence-corrected chi connectivity index (χ4v) is 16.9. The largest absolute Gasteiger partial charge is 0.394 e. The summed E-state index contributed by atoms with van der Waals surface area (Å²) in [6, 6.07) is 0. The second-order valence-corrected chi connectivity index (χ2v) is 29.0. The van der Waals surface area contributed by atoms with Gasteiger partial charge in [0.05, 0.1) is 55.4 Å². The Morgan fingerprint density at radius 1 is 0.549 bits per heavy atom. The molecular weight excluding hydrogens is 1210 g/mol. The van der Waals surface area contributed by atoms with Gasteiger partial charge in [0.15, 0.2) is 37.7 Å². The monoisotopic (exact) mass is 1310 g/mol. The third kappa shape index (κ3) is 13.9. The number of carbonyl (C=O) groups excluding carboxylic acids is 1. The summed E-state index contributed by atoms with van der Waals surface area (Å²) in [6.45, 7) is 14.2. The number of hydrogen-bond acceptors (Lipinski definition) is 29. The van der Waals surface area contributed by atoms with Gasteiger partial charge in [0.2, 0.25) is 0 Å². The lowest BCUT2D eigenvalue weighted by atomic mass is 9.47. The van der Waals surface area contributed by atoms with Gasteiger partial charge in [-0.2, -0.15) is 0 Å². The molecule has 0 aromatic heterocycles. The number of allylic oxidation sites excluding steroid dienone is 2. The van der Waals surface area contributed by atoms with Crippen LogP contribution in [-0.4, -0.2) is 297 Å². The first-order valence-corrected chi connectivity index (χ1v) is 32.6. The normalized spacial score (nSPS) is 53.6. The van der Waals surface area contributed by atoms with Gasteiger partial charge in [0.25, 0.3) is 0 Å². The number of hydrogen-bond donors (Lipinski definition) is 16. The third-order valence-electron chi connectivity index (χ3n) is 22.1. The van der Waals surface area contributed by atoms with Gasteiger partial charge in [0, 0.05) is 12.8 Å².